The van der Waals surface area contributed by atoms with Crippen LogP contribution >= 0.6 is 0 Å². The number of fused-ring (bicyclic) bond motifs is 5. The summed E-state index contributed by atoms with van der Waals surface area (Å²) in [5.41, 5.74) is 0.976. The normalized spacial score (nSPS) is 36.2. The maximum Gasteiger partial charge on any atom is 0.142 e. The zero-order valence-corrected chi connectivity index (χ0v) is 13.2. The van der Waals surface area contributed by atoms with Gasteiger partial charge in [-0.05, 0) is 61.8 Å². The van der Waals surface area contributed by atoms with Gasteiger partial charge in [-0.25, -0.2) is 0 Å². The van der Waals surface area contributed by atoms with Crippen molar-refractivity contribution in [2.45, 2.75) is 58.4 Å². The third-order valence-corrected chi connectivity index (χ3v) is 6.44. The van der Waals surface area contributed by atoms with Crippen LogP contribution in [0.1, 0.15) is 57.7 Å². The molecule has 3 saturated carbocycles. The molecule has 114 valence electrons. The standard InChI is InChI=1S/C18H26N2O/c1-3-14(4-2)20-8-7-13(19-20)10-15(21)18-16-11-5-6-12(9-11)17(16)18/h7-8,11-12,14,16-18H,3-6,9-10H2,1-2H3. The van der Waals surface area contributed by atoms with Gasteiger partial charge in [-0.1, -0.05) is 13.8 Å². The Balaban J connectivity index is 1.40. The molecule has 1 aromatic rings. The van der Waals surface area contributed by atoms with Crippen molar-refractivity contribution in [2.24, 2.45) is 29.6 Å². The van der Waals surface area contributed by atoms with Gasteiger partial charge in [0, 0.05) is 12.1 Å². The number of hydrogen-bond acceptors (Lipinski definition) is 2. The molecule has 0 spiro atoms. The minimum absolute atomic E-state index is 0.398. The van der Waals surface area contributed by atoms with E-state index in [9.17, 15) is 4.79 Å². The fourth-order valence-electron chi connectivity index (χ4n) is 5.39. The molecule has 4 unspecified atom stereocenters. The molecule has 0 saturated heterocycles. The lowest BCUT2D eigenvalue weighted by atomic mass is 9.98. The molecule has 4 rings (SSSR count). The zero-order chi connectivity index (χ0) is 14.6. The van der Waals surface area contributed by atoms with Crippen LogP contribution in [0.15, 0.2) is 12.3 Å². The summed E-state index contributed by atoms with van der Waals surface area (Å²) >= 11 is 0. The van der Waals surface area contributed by atoms with Gasteiger partial charge < -0.3 is 0 Å². The lowest BCUT2D eigenvalue weighted by molar-refractivity contribution is -0.120. The largest absolute Gasteiger partial charge is 0.299 e. The Morgan fingerprint density at radius 3 is 2.57 bits per heavy atom. The van der Waals surface area contributed by atoms with E-state index < -0.39 is 0 Å². The van der Waals surface area contributed by atoms with Gasteiger partial charge in [0.2, 0.25) is 0 Å². The summed E-state index contributed by atoms with van der Waals surface area (Å²) in [6.45, 7) is 4.39. The fourth-order valence-corrected chi connectivity index (χ4v) is 5.39. The van der Waals surface area contributed by atoms with E-state index in [1.165, 1.54) is 19.3 Å². The van der Waals surface area contributed by atoms with Crippen LogP contribution in [0.5, 0.6) is 0 Å². The molecule has 0 aromatic carbocycles. The molecule has 0 radical (unpaired) electrons. The molecule has 1 aromatic heterocycles. The average molecular weight is 286 g/mol. The van der Waals surface area contributed by atoms with Crippen LogP contribution in [0.3, 0.4) is 0 Å². The van der Waals surface area contributed by atoms with E-state index in [0.717, 1.165) is 42.2 Å². The van der Waals surface area contributed by atoms with Crippen LogP contribution in [-0.4, -0.2) is 15.6 Å². The van der Waals surface area contributed by atoms with Crippen molar-refractivity contribution >= 4 is 5.78 Å². The fraction of sp³-hybridized carbons (Fsp3) is 0.778. The van der Waals surface area contributed by atoms with Crippen LogP contribution in [0, 0.1) is 29.6 Å². The Morgan fingerprint density at radius 1 is 1.29 bits per heavy atom. The van der Waals surface area contributed by atoms with Crippen molar-refractivity contribution in [1.29, 1.82) is 0 Å². The van der Waals surface area contributed by atoms with Gasteiger partial charge in [0.15, 0.2) is 0 Å². The van der Waals surface area contributed by atoms with E-state index in [2.05, 4.69) is 29.8 Å². The number of carbonyl (C=O) groups is 1. The summed E-state index contributed by atoms with van der Waals surface area (Å²) in [7, 11) is 0. The highest BCUT2D eigenvalue weighted by Gasteiger charge is 2.66. The first kappa shape index (κ1) is 13.5. The van der Waals surface area contributed by atoms with Crippen molar-refractivity contribution in [2.75, 3.05) is 0 Å². The molecule has 3 fully saturated rings. The Kier molecular flexibility index (Phi) is 3.20. The topological polar surface area (TPSA) is 34.9 Å². The second-order valence-electron chi connectivity index (χ2n) is 7.41. The number of hydrogen-bond donors (Lipinski definition) is 0. The summed E-state index contributed by atoms with van der Waals surface area (Å²) in [5.74, 6) is 4.16. The lowest BCUT2D eigenvalue weighted by Crippen LogP contribution is -2.13. The Morgan fingerprint density at radius 2 is 1.95 bits per heavy atom. The Bertz CT molecular complexity index is 529. The summed E-state index contributed by atoms with van der Waals surface area (Å²) in [4.78, 5) is 12.6. The monoisotopic (exact) mass is 286 g/mol. The minimum atomic E-state index is 0.398. The van der Waals surface area contributed by atoms with Gasteiger partial charge in [-0.2, -0.15) is 5.10 Å². The maximum atomic E-state index is 12.6. The molecule has 4 atom stereocenters. The predicted octanol–water partition coefficient (Wildman–Crippen LogP) is 3.65. The molecule has 3 heteroatoms. The summed E-state index contributed by atoms with van der Waals surface area (Å²) < 4.78 is 2.06. The molecule has 3 aliphatic rings. The molecule has 3 nitrogen and oxygen atoms in total. The Labute approximate surface area is 127 Å². The summed E-state index contributed by atoms with van der Waals surface area (Å²) in [5, 5.41) is 4.65. The van der Waals surface area contributed by atoms with E-state index in [1.807, 2.05) is 6.07 Å². The highest BCUT2D eigenvalue weighted by Crippen LogP contribution is 2.69. The first-order valence-electron chi connectivity index (χ1n) is 8.79. The van der Waals surface area contributed by atoms with Gasteiger partial charge in [-0.3, -0.25) is 9.48 Å². The third-order valence-electron chi connectivity index (χ3n) is 6.44. The van der Waals surface area contributed by atoms with Crippen molar-refractivity contribution in [3.8, 4) is 0 Å². The van der Waals surface area contributed by atoms with Crippen LogP contribution in [0.4, 0.5) is 0 Å². The number of aromatic nitrogens is 2. The molecule has 0 N–H and O–H groups in total. The molecule has 0 amide bonds. The first-order chi connectivity index (χ1) is 10.2. The number of nitrogens with zero attached hydrogens (tertiary/aromatic N) is 2. The van der Waals surface area contributed by atoms with Gasteiger partial charge >= 0.3 is 0 Å². The Hall–Kier alpha value is -1.12. The second kappa shape index (κ2) is 4.96. The smallest absolute Gasteiger partial charge is 0.142 e. The number of ketones is 1. The number of Topliss-reactive ketones (excluding diaryl/α,β-unsaturated/α-hetero) is 1. The van der Waals surface area contributed by atoms with Crippen molar-refractivity contribution < 1.29 is 4.79 Å². The molecule has 2 bridgehead atoms. The van der Waals surface area contributed by atoms with Crippen molar-refractivity contribution in [3.05, 3.63) is 18.0 Å². The van der Waals surface area contributed by atoms with Crippen LogP contribution in [-0.2, 0) is 11.2 Å². The molecule has 21 heavy (non-hydrogen) atoms. The zero-order valence-electron chi connectivity index (χ0n) is 13.2. The average Bonchev–Trinajstić information content (AvgIpc) is 2.84. The third kappa shape index (κ3) is 2.08. The lowest BCUT2D eigenvalue weighted by Gasteiger charge is -2.12. The SMILES string of the molecule is CCC(CC)n1ccc(CC(=O)C2C3C4CCC(C4)C23)n1. The van der Waals surface area contributed by atoms with E-state index in [4.69, 9.17) is 0 Å². The molecule has 1 heterocycles. The summed E-state index contributed by atoms with van der Waals surface area (Å²) in [6.07, 6.45) is 9.01. The quantitative estimate of drug-likeness (QED) is 0.800. The number of rotatable bonds is 6. The number of carbonyl (C=O) groups excluding carboxylic acids is 1. The molecular weight excluding hydrogens is 260 g/mol. The maximum absolute atomic E-state index is 12.6. The molecular formula is C18H26N2O. The highest BCUT2D eigenvalue weighted by molar-refractivity contribution is 5.86. The van der Waals surface area contributed by atoms with Crippen LogP contribution < -0.4 is 0 Å². The van der Waals surface area contributed by atoms with Gasteiger partial charge in [-0.15, -0.1) is 0 Å². The van der Waals surface area contributed by atoms with Gasteiger partial charge in [0.05, 0.1) is 18.2 Å². The second-order valence-corrected chi connectivity index (χ2v) is 7.41. The van der Waals surface area contributed by atoms with E-state index >= 15 is 0 Å². The van der Waals surface area contributed by atoms with E-state index in [1.54, 1.807) is 0 Å². The van der Waals surface area contributed by atoms with Gasteiger partial charge in [0.25, 0.3) is 0 Å². The van der Waals surface area contributed by atoms with Crippen molar-refractivity contribution in [1.82, 2.24) is 9.78 Å². The van der Waals surface area contributed by atoms with E-state index in [-0.39, 0.29) is 0 Å². The minimum Gasteiger partial charge on any atom is -0.299 e. The van der Waals surface area contributed by atoms with Crippen LogP contribution in [0.25, 0.3) is 0 Å². The van der Waals surface area contributed by atoms with Crippen molar-refractivity contribution in [3.63, 3.8) is 0 Å². The predicted molar refractivity (Wildman–Crippen MR) is 81.9 cm³/mol. The first-order valence-corrected chi connectivity index (χ1v) is 8.79. The van der Waals surface area contributed by atoms with Gasteiger partial charge in [0.1, 0.15) is 5.78 Å². The molecule has 0 aliphatic heterocycles. The summed E-state index contributed by atoms with van der Waals surface area (Å²) in [6, 6.07) is 2.52. The molecule has 3 aliphatic carbocycles. The highest BCUT2D eigenvalue weighted by atomic mass is 16.1. The van der Waals surface area contributed by atoms with E-state index in [0.29, 0.717) is 24.2 Å². The van der Waals surface area contributed by atoms with Crippen LogP contribution in [0.2, 0.25) is 0 Å².